The van der Waals surface area contributed by atoms with E-state index in [4.69, 9.17) is 5.73 Å². The van der Waals surface area contributed by atoms with Crippen molar-refractivity contribution >= 4 is 0 Å². The zero-order valence-corrected chi connectivity index (χ0v) is 12.7. The molecule has 0 bridgehead atoms. The fraction of sp³-hybridized carbons (Fsp3) is 0.800. The van der Waals surface area contributed by atoms with Gasteiger partial charge in [-0.2, -0.15) is 5.10 Å². The van der Waals surface area contributed by atoms with Gasteiger partial charge in [0.2, 0.25) is 0 Å². The summed E-state index contributed by atoms with van der Waals surface area (Å²) in [5, 5.41) is 4.63. The molecule has 1 aliphatic carbocycles. The zero-order valence-electron chi connectivity index (χ0n) is 12.7. The molecule has 0 atom stereocenters. The Balaban J connectivity index is 2.13. The topological polar surface area (TPSA) is 47.1 Å². The van der Waals surface area contributed by atoms with E-state index in [1.165, 1.54) is 37.1 Å². The minimum Gasteiger partial charge on any atom is -0.329 e. The summed E-state index contributed by atoms with van der Waals surface area (Å²) >= 11 is 0. The first-order valence-electron chi connectivity index (χ1n) is 7.62. The molecule has 1 aromatic heterocycles. The summed E-state index contributed by atoms with van der Waals surface area (Å²) in [7, 11) is 2.22. The molecule has 4 nitrogen and oxygen atoms in total. The van der Waals surface area contributed by atoms with Crippen LogP contribution in [0.5, 0.6) is 0 Å². The second kappa shape index (κ2) is 6.06. The first kappa shape index (κ1) is 14.5. The Kier molecular flexibility index (Phi) is 4.63. The Morgan fingerprint density at radius 3 is 2.58 bits per heavy atom. The van der Waals surface area contributed by atoms with E-state index in [0.29, 0.717) is 0 Å². The molecule has 0 aliphatic heterocycles. The summed E-state index contributed by atoms with van der Waals surface area (Å²) in [6.07, 6.45) is 6.11. The number of hydrogen-bond donors (Lipinski definition) is 1. The summed E-state index contributed by atoms with van der Waals surface area (Å²) < 4.78 is 2.13. The van der Waals surface area contributed by atoms with Crippen LogP contribution in [0.1, 0.15) is 50.9 Å². The minimum atomic E-state index is 0.217. The summed E-state index contributed by atoms with van der Waals surface area (Å²) in [6, 6.07) is 2.25. The molecule has 108 valence electrons. The van der Waals surface area contributed by atoms with Gasteiger partial charge in [0.05, 0.1) is 11.4 Å². The van der Waals surface area contributed by atoms with Gasteiger partial charge in [-0.05, 0) is 39.3 Å². The van der Waals surface area contributed by atoms with Crippen molar-refractivity contribution in [2.24, 2.45) is 5.73 Å². The standard InChI is InChI=1S/C15H28N4/c1-4-13-10-14(19(5-2)17-13)11-18(3)15(12-16)8-6-7-9-15/h10H,4-9,11-12,16H2,1-3H3. The SMILES string of the molecule is CCc1cc(CN(C)C2(CN)CCCC2)n(CC)n1. The number of hydrogen-bond acceptors (Lipinski definition) is 3. The van der Waals surface area contributed by atoms with E-state index < -0.39 is 0 Å². The van der Waals surface area contributed by atoms with Gasteiger partial charge in [0, 0.05) is 25.2 Å². The Hall–Kier alpha value is -0.870. The first-order chi connectivity index (χ1) is 9.15. The third-order valence-corrected chi connectivity index (χ3v) is 4.70. The minimum absolute atomic E-state index is 0.217. The Morgan fingerprint density at radius 2 is 2.05 bits per heavy atom. The van der Waals surface area contributed by atoms with Crippen molar-refractivity contribution in [2.75, 3.05) is 13.6 Å². The van der Waals surface area contributed by atoms with Gasteiger partial charge in [-0.1, -0.05) is 19.8 Å². The van der Waals surface area contributed by atoms with Gasteiger partial charge in [-0.15, -0.1) is 0 Å². The van der Waals surface area contributed by atoms with Crippen molar-refractivity contribution in [3.8, 4) is 0 Å². The van der Waals surface area contributed by atoms with Gasteiger partial charge in [0.15, 0.2) is 0 Å². The molecular weight excluding hydrogens is 236 g/mol. The molecule has 1 aromatic rings. The van der Waals surface area contributed by atoms with Crippen LogP contribution in [0.3, 0.4) is 0 Å². The lowest BCUT2D eigenvalue weighted by atomic mass is 9.95. The monoisotopic (exact) mass is 264 g/mol. The molecule has 1 saturated carbocycles. The second-order valence-electron chi connectivity index (χ2n) is 5.79. The highest BCUT2D eigenvalue weighted by Gasteiger charge is 2.36. The number of nitrogens with zero attached hydrogens (tertiary/aromatic N) is 3. The van der Waals surface area contributed by atoms with E-state index in [9.17, 15) is 0 Å². The highest BCUT2D eigenvalue weighted by atomic mass is 15.3. The van der Waals surface area contributed by atoms with Crippen LogP contribution in [-0.2, 0) is 19.5 Å². The van der Waals surface area contributed by atoms with E-state index >= 15 is 0 Å². The molecule has 2 rings (SSSR count). The lowest BCUT2D eigenvalue weighted by Crippen LogP contribution is -2.49. The number of aromatic nitrogens is 2. The lowest BCUT2D eigenvalue weighted by molar-refractivity contribution is 0.120. The lowest BCUT2D eigenvalue weighted by Gasteiger charge is -2.38. The van der Waals surface area contributed by atoms with Crippen LogP contribution < -0.4 is 5.73 Å². The van der Waals surface area contributed by atoms with E-state index in [1.54, 1.807) is 0 Å². The van der Waals surface area contributed by atoms with Crippen molar-refractivity contribution in [3.05, 3.63) is 17.5 Å². The molecule has 1 heterocycles. The third-order valence-electron chi connectivity index (χ3n) is 4.70. The molecule has 1 aliphatic rings. The second-order valence-corrected chi connectivity index (χ2v) is 5.79. The van der Waals surface area contributed by atoms with Crippen molar-refractivity contribution in [2.45, 2.75) is 64.6 Å². The van der Waals surface area contributed by atoms with Crippen LogP contribution in [0.4, 0.5) is 0 Å². The molecule has 0 aromatic carbocycles. The average Bonchev–Trinajstić information content (AvgIpc) is 3.05. The van der Waals surface area contributed by atoms with Crippen molar-refractivity contribution < 1.29 is 0 Å². The summed E-state index contributed by atoms with van der Waals surface area (Å²) in [5.41, 5.74) is 8.79. The molecule has 0 saturated heterocycles. The largest absolute Gasteiger partial charge is 0.329 e. The summed E-state index contributed by atoms with van der Waals surface area (Å²) in [4.78, 5) is 2.46. The van der Waals surface area contributed by atoms with Crippen LogP contribution in [0.2, 0.25) is 0 Å². The fourth-order valence-electron chi connectivity index (χ4n) is 3.27. The van der Waals surface area contributed by atoms with Crippen LogP contribution in [0.15, 0.2) is 6.07 Å². The van der Waals surface area contributed by atoms with Gasteiger partial charge in [0.1, 0.15) is 0 Å². The zero-order chi connectivity index (χ0) is 13.9. The molecule has 0 unspecified atom stereocenters. The molecule has 4 heteroatoms. The maximum Gasteiger partial charge on any atom is 0.0625 e. The molecule has 19 heavy (non-hydrogen) atoms. The van der Waals surface area contributed by atoms with Gasteiger partial charge in [-0.25, -0.2) is 0 Å². The average molecular weight is 264 g/mol. The molecule has 1 fully saturated rings. The van der Waals surface area contributed by atoms with Crippen molar-refractivity contribution in [3.63, 3.8) is 0 Å². The number of rotatable bonds is 6. The highest BCUT2D eigenvalue weighted by molar-refractivity contribution is 5.11. The van der Waals surface area contributed by atoms with E-state index in [-0.39, 0.29) is 5.54 Å². The van der Waals surface area contributed by atoms with Gasteiger partial charge in [0.25, 0.3) is 0 Å². The molecular formula is C15H28N4. The van der Waals surface area contributed by atoms with Crippen molar-refractivity contribution in [1.82, 2.24) is 14.7 Å². The quantitative estimate of drug-likeness (QED) is 0.856. The van der Waals surface area contributed by atoms with Crippen molar-refractivity contribution in [1.29, 1.82) is 0 Å². The summed E-state index contributed by atoms with van der Waals surface area (Å²) in [5.74, 6) is 0. The molecule has 0 amide bonds. The third kappa shape index (κ3) is 2.84. The highest BCUT2D eigenvalue weighted by Crippen LogP contribution is 2.34. The van der Waals surface area contributed by atoms with Gasteiger partial charge >= 0.3 is 0 Å². The van der Waals surface area contributed by atoms with Crippen LogP contribution in [0.25, 0.3) is 0 Å². The molecule has 0 radical (unpaired) electrons. The summed E-state index contributed by atoms with van der Waals surface area (Å²) in [6.45, 7) is 6.99. The van der Waals surface area contributed by atoms with Gasteiger partial charge in [-0.3, -0.25) is 9.58 Å². The first-order valence-corrected chi connectivity index (χ1v) is 7.62. The smallest absolute Gasteiger partial charge is 0.0625 e. The van der Waals surface area contributed by atoms with E-state index in [0.717, 1.165) is 26.1 Å². The Bertz CT molecular complexity index is 404. The normalized spacial score (nSPS) is 18.4. The Morgan fingerprint density at radius 1 is 1.37 bits per heavy atom. The van der Waals surface area contributed by atoms with Gasteiger partial charge < -0.3 is 5.73 Å². The van der Waals surface area contributed by atoms with E-state index in [1.807, 2.05) is 0 Å². The maximum atomic E-state index is 6.06. The van der Waals surface area contributed by atoms with Crippen LogP contribution in [-0.4, -0.2) is 33.8 Å². The fourth-order valence-corrected chi connectivity index (χ4v) is 3.27. The number of aryl methyl sites for hydroxylation is 2. The maximum absolute atomic E-state index is 6.06. The van der Waals surface area contributed by atoms with Crippen LogP contribution in [0, 0.1) is 0 Å². The molecule has 0 spiro atoms. The van der Waals surface area contributed by atoms with Crippen LogP contribution >= 0.6 is 0 Å². The predicted molar refractivity (Wildman–Crippen MR) is 79.0 cm³/mol. The number of nitrogens with two attached hydrogens (primary N) is 1. The predicted octanol–water partition coefficient (Wildman–Crippen LogP) is 2.17. The molecule has 2 N–H and O–H groups in total. The number of likely N-dealkylation sites (N-methyl/N-ethyl adjacent to an activating group) is 1. The Labute approximate surface area is 117 Å². The van der Waals surface area contributed by atoms with E-state index in [2.05, 4.69) is 41.6 Å².